The monoisotopic (exact) mass is 999 g/mol. The summed E-state index contributed by atoms with van der Waals surface area (Å²) in [6.45, 7) is 6.10. The average molecular weight is 1000 g/mol. The van der Waals surface area contributed by atoms with E-state index in [1.807, 2.05) is 5.16 Å². The smallest absolute Gasteiger partial charge is 0.374 e. The second-order valence-electron chi connectivity index (χ2n) is 15.6. The Hall–Kier alpha value is -6.78. The zero-order valence-electron chi connectivity index (χ0n) is 37.6. The highest BCUT2D eigenvalue weighted by atomic mass is 35.5. The van der Waals surface area contributed by atoms with Gasteiger partial charge in [-0.05, 0) is 86.3 Å². The lowest BCUT2D eigenvalue weighted by Crippen LogP contribution is -2.49. The minimum atomic E-state index is -1.89. The van der Waals surface area contributed by atoms with Crippen molar-refractivity contribution >= 4 is 46.9 Å². The lowest BCUT2D eigenvalue weighted by Gasteiger charge is -2.29. The van der Waals surface area contributed by atoms with Crippen LogP contribution in [0.25, 0.3) is 22.3 Å². The number of carbonyl (C=O) groups excluding carboxylic acids is 3. The molecule has 2 aromatic heterocycles. The fourth-order valence-corrected chi connectivity index (χ4v) is 6.70. The maximum Gasteiger partial charge on any atom is 0.374 e. The fraction of sp³-hybridized carbons (Fsp3) is 0.277. The first-order valence-electron chi connectivity index (χ1n) is 20.7. The van der Waals surface area contributed by atoms with Gasteiger partial charge in [-0.1, -0.05) is 71.7 Å². The molecule has 0 unspecified atom stereocenters. The van der Waals surface area contributed by atoms with Crippen molar-refractivity contribution < 1.29 is 61.8 Å². The third-order valence-corrected chi connectivity index (χ3v) is 10.0. The van der Waals surface area contributed by atoms with E-state index in [1.165, 1.54) is 54.1 Å². The van der Waals surface area contributed by atoms with Crippen LogP contribution in [0.15, 0.2) is 116 Å². The minimum absolute atomic E-state index is 0.0868. The number of halogens is 4. The molecule has 0 saturated heterocycles. The molecule has 0 aliphatic heterocycles. The van der Waals surface area contributed by atoms with Gasteiger partial charge in [0.2, 0.25) is 17.3 Å². The Balaban J connectivity index is 0.000000260. The number of hydrogen-bond donors (Lipinski definition) is 6. The van der Waals surface area contributed by atoms with E-state index in [-0.39, 0.29) is 56.7 Å². The standard InChI is InChI=1S/C24H24ClFN2O6.C19H22ClFN2O3.C4H3NO4/c1-3-33-23(31)24(2,32)14-28(13-20(29)21-11-22(30)27-34-21)12-15-4-6-16(7-5-15)18-10-17(25)8-9-19(18)26;1-3-26-18(24)19(2,25)12-23(22)11-13-4-6-14(7-5-13)16-10-15(20)8-9-17(16)21;6-3-1-2(4(7)8)9-5-3/h4-11,32H,3,12-14H2,1-2H3,(H,27,30);4-10,25H,3,11-12,22H2,1-2H3;1H,(H,5,6)(H,7,8)/t24-;19-;/m11./s1. The van der Waals surface area contributed by atoms with E-state index in [1.54, 1.807) is 68.4 Å². The Labute approximate surface area is 402 Å². The molecule has 0 spiro atoms. The number of Topliss-reactive ketones (excluding diaryl/α,β-unsaturated/α-hetero) is 1. The number of ether oxygens (including phenoxy) is 2. The molecule has 7 N–H and O–H groups in total. The number of aromatic nitrogens is 2. The normalized spacial score (nSPS) is 12.7. The molecule has 6 aromatic rings. The third-order valence-electron chi connectivity index (χ3n) is 9.55. The number of aliphatic hydroxyl groups is 2. The van der Waals surface area contributed by atoms with Crippen molar-refractivity contribution in [1.82, 2.24) is 20.2 Å². The maximum absolute atomic E-state index is 14.2. The zero-order chi connectivity index (χ0) is 51.1. The van der Waals surface area contributed by atoms with Crippen LogP contribution in [0, 0.1) is 11.6 Å². The van der Waals surface area contributed by atoms with Crippen molar-refractivity contribution in [3.05, 3.63) is 162 Å². The molecule has 0 fully saturated rings. The van der Waals surface area contributed by atoms with Crippen molar-refractivity contribution in [1.29, 1.82) is 0 Å². The zero-order valence-corrected chi connectivity index (χ0v) is 39.1. The first kappa shape index (κ1) is 54.8. The highest BCUT2D eigenvalue weighted by Gasteiger charge is 2.35. The second-order valence-corrected chi connectivity index (χ2v) is 16.4. The van der Waals surface area contributed by atoms with E-state index in [4.69, 9.17) is 48.1 Å². The molecular formula is C47H49Cl2F2N5O13. The molecule has 0 bridgehead atoms. The molecule has 69 heavy (non-hydrogen) atoms. The van der Waals surface area contributed by atoms with Crippen molar-refractivity contribution in [3.8, 4) is 22.3 Å². The maximum atomic E-state index is 14.2. The number of esters is 2. The number of aromatic carboxylic acids is 1. The fourth-order valence-electron chi connectivity index (χ4n) is 6.36. The summed E-state index contributed by atoms with van der Waals surface area (Å²) in [5.41, 5.74) is -1.06. The molecule has 0 amide bonds. The largest absolute Gasteiger partial charge is 0.475 e. The summed E-state index contributed by atoms with van der Waals surface area (Å²) >= 11 is 11.9. The van der Waals surface area contributed by atoms with Crippen LogP contribution in [-0.2, 0) is 32.2 Å². The summed E-state index contributed by atoms with van der Waals surface area (Å²) in [5, 5.41) is 35.0. The van der Waals surface area contributed by atoms with E-state index < -0.39 is 51.8 Å². The molecule has 0 aliphatic carbocycles. The summed E-state index contributed by atoms with van der Waals surface area (Å²) in [7, 11) is 0. The number of hydrogen-bond acceptors (Lipinski definition) is 15. The topological polar surface area (TPSA) is 272 Å². The molecule has 4 aromatic carbocycles. The number of hydrazine groups is 1. The predicted molar refractivity (Wildman–Crippen MR) is 248 cm³/mol. The van der Waals surface area contributed by atoms with Gasteiger partial charge in [0.1, 0.15) is 11.6 Å². The number of rotatable bonds is 18. The molecule has 6 rings (SSSR count). The van der Waals surface area contributed by atoms with Crippen molar-refractivity contribution in [2.75, 3.05) is 32.8 Å². The highest BCUT2D eigenvalue weighted by Crippen LogP contribution is 2.28. The van der Waals surface area contributed by atoms with Gasteiger partial charge in [-0.25, -0.2) is 28.2 Å². The van der Waals surface area contributed by atoms with Gasteiger partial charge >= 0.3 is 17.9 Å². The summed E-state index contributed by atoms with van der Waals surface area (Å²) in [4.78, 5) is 69.5. The third kappa shape index (κ3) is 16.7. The SMILES string of the molecule is CCOC(=O)[C@](C)(O)CN(CC(=O)c1cc(=O)[nH]o1)Cc1ccc(-c2cc(Cl)ccc2F)cc1.CCOC(=O)[C@](C)(O)CN(N)Cc1ccc(-c2cc(Cl)ccc2F)cc1.O=C(O)c1cc(=O)[nH]o1. The Bertz CT molecular complexity index is 2810. The van der Waals surface area contributed by atoms with Crippen LogP contribution in [0.5, 0.6) is 0 Å². The molecule has 0 radical (unpaired) electrons. The molecule has 368 valence electrons. The van der Waals surface area contributed by atoms with E-state index in [0.29, 0.717) is 38.8 Å². The molecule has 22 heteroatoms. The number of carboxylic acid groups (broad SMARTS) is 1. The molecule has 0 aliphatic rings. The minimum Gasteiger partial charge on any atom is -0.475 e. The summed E-state index contributed by atoms with van der Waals surface area (Å²) in [5.74, 6) is 1.27. The van der Waals surface area contributed by atoms with Gasteiger partial charge < -0.3 is 33.8 Å². The van der Waals surface area contributed by atoms with Crippen molar-refractivity contribution in [3.63, 3.8) is 0 Å². The van der Waals surface area contributed by atoms with Crippen LogP contribution < -0.4 is 17.0 Å². The Morgan fingerprint density at radius 1 is 0.667 bits per heavy atom. The average Bonchev–Trinajstić information content (AvgIpc) is 3.94. The number of carbonyl (C=O) groups is 4. The number of H-pyrrole nitrogens is 2. The van der Waals surface area contributed by atoms with E-state index >= 15 is 0 Å². The summed E-state index contributed by atoms with van der Waals surface area (Å²) < 4.78 is 46.9. The van der Waals surface area contributed by atoms with E-state index in [0.717, 1.165) is 23.3 Å². The molecule has 18 nitrogen and oxygen atoms in total. The van der Waals surface area contributed by atoms with Crippen LogP contribution in [0.3, 0.4) is 0 Å². The number of aromatic amines is 2. The van der Waals surface area contributed by atoms with Crippen LogP contribution >= 0.6 is 23.2 Å². The van der Waals surface area contributed by atoms with Gasteiger partial charge in [-0.3, -0.25) is 25.1 Å². The summed E-state index contributed by atoms with van der Waals surface area (Å²) in [6.07, 6.45) is 0. The lowest BCUT2D eigenvalue weighted by molar-refractivity contribution is -0.165. The summed E-state index contributed by atoms with van der Waals surface area (Å²) in [6, 6.07) is 24.6. The quantitative estimate of drug-likeness (QED) is 0.0241. The Morgan fingerprint density at radius 3 is 1.48 bits per heavy atom. The first-order chi connectivity index (χ1) is 32.5. The number of benzene rings is 4. The van der Waals surface area contributed by atoms with Gasteiger partial charge in [-0.15, -0.1) is 0 Å². The number of carboxylic acids is 1. The van der Waals surface area contributed by atoms with Crippen LogP contribution in [0.4, 0.5) is 8.78 Å². The number of nitrogens with one attached hydrogen (secondary N) is 2. The molecular weight excluding hydrogens is 951 g/mol. The van der Waals surface area contributed by atoms with Gasteiger partial charge in [0.25, 0.3) is 11.1 Å². The Kier molecular flexibility index (Phi) is 19.9. The first-order valence-corrected chi connectivity index (χ1v) is 21.5. The number of nitrogens with zero attached hydrogens (tertiary/aromatic N) is 2. The number of nitrogens with two attached hydrogens (primary N) is 1. The van der Waals surface area contributed by atoms with Crippen molar-refractivity contribution in [2.45, 2.75) is 52.0 Å². The van der Waals surface area contributed by atoms with Crippen LogP contribution in [-0.4, -0.2) is 103 Å². The van der Waals surface area contributed by atoms with Gasteiger partial charge in [0, 0.05) is 40.8 Å². The molecule has 2 atom stereocenters. The van der Waals surface area contributed by atoms with Gasteiger partial charge in [0.05, 0.1) is 38.4 Å². The second kappa shape index (κ2) is 25.0. The number of ketones is 1. The molecule has 0 saturated carbocycles. The van der Waals surface area contributed by atoms with Crippen molar-refractivity contribution in [2.24, 2.45) is 5.84 Å². The predicted octanol–water partition coefficient (Wildman–Crippen LogP) is 6.23. The van der Waals surface area contributed by atoms with E-state index in [2.05, 4.69) is 9.68 Å². The highest BCUT2D eigenvalue weighted by molar-refractivity contribution is 6.31. The Morgan fingerprint density at radius 2 is 1.09 bits per heavy atom. The van der Waals surface area contributed by atoms with Gasteiger partial charge in [-0.2, -0.15) is 10.3 Å². The van der Waals surface area contributed by atoms with E-state index in [9.17, 15) is 47.8 Å². The molecule has 2 heterocycles. The van der Waals surface area contributed by atoms with Gasteiger partial charge in [0.15, 0.2) is 11.2 Å². The lowest BCUT2D eigenvalue weighted by atomic mass is 10.0. The van der Waals surface area contributed by atoms with Crippen LogP contribution in [0.2, 0.25) is 10.0 Å². The van der Waals surface area contributed by atoms with Crippen LogP contribution in [0.1, 0.15) is 59.9 Å².